The Morgan fingerprint density at radius 3 is 2.53 bits per heavy atom. The zero-order valence-electron chi connectivity index (χ0n) is 16.8. The molecule has 1 unspecified atom stereocenters. The highest BCUT2D eigenvalue weighted by molar-refractivity contribution is 9.10. The number of aromatic nitrogens is 3. The van der Waals surface area contributed by atoms with Crippen LogP contribution in [0.2, 0.25) is 0 Å². The van der Waals surface area contributed by atoms with Crippen LogP contribution in [-0.2, 0) is 4.79 Å². The van der Waals surface area contributed by atoms with E-state index in [0.717, 1.165) is 40.1 Å². The normalized spacial score (nSPS) is 14.4. The number of carbonyl (C=O) groups is 1. The van der Waals surface area contributed by atoms with Crippen LogP contribution in [0.4, 0.5) is 0 Å². The van der Waals surface area contributed by atoms with E-state index >= 15 is 0 Å². The van der Waals surface area contributed by atoms with Crippen molar-refractivity contribution in [2.75, 3.05) is 6.61 Å². The maximum absolute atomic E-state index is 12.5. The molecule has 1 saturated carbocycles. The first-order valence-corrected chi connectivity index (χ1v) is 11.6. The van der Waals surface area contributed by atoms with Crippen molar-refractivity contribution in [2.24, 2.45) is 0 Å². The molecule has 8 heteroatoms. The second kappa shape index (κ2) is 9.22. The average Bonchev–Trinajstić information content (AvgIpc) is 3.47. The Bertz CT molecular complexity index is 1020. The summed E-state index contributed by atoms with van der Waals surface area (Å²) in [5.41, 5.74) is 1.86. The summed E-state index contributed by atoms with van der Waals surface area (Å²) in [5.74, 6) is 1.57. The van der Waals surface area contributed by atoms with Crippen molar-refractivity contribution < 1.29 is 9.53 Å². The minimum atomic E-state index is -0.269. The molecule has 1 aromatic heterocycles. The summed E-state index contributed by atoms with van der Waals surface area (Å²) in [7, 11) is 0. The number of nitrogens with zero attached hydrogens (tertiary/aromatic N) is 3. The molecule has 1 aliphatic rings. The number of hydrogen-bond acceptors (Lipinski definition) is 5. The SMILES string of the molecule is CCOc1ccc(-n2c(SC(C)C(=O)NC3CC3)nnc2-c2ccc(Br)cc2)cc1. The molecule has 0 saturated heterocycles. The van der Waals surface area contributed by atoms with Crippen molar-refractivity contribution in [3.05, 3.63) is 53.0 Å². The van der Waals surface area contributed by atoms with E-state index in [1.54, 1.807) is 0 Å². The monoisotopic (exact) mass is 486 g/mol. The Hall–Kier alpha value is -2.32. The van der Waals surface area contributed by atoms with Gasteiger partial charge in [0.15, 0.2) is 11.0 Å². The number of carbonyl (C=O) groups excluding carboxylic acids is 1. The molecule has 1 amide bonds. The average molecular weight is 487 g/mol. The van der Waals surface area contributed by atoms with Gasteiger partial charge in [-0.3, -0.25) is 9.36 Å². The van der Waals surface area contributed by atoms with E-state index < -0.39 is 0 Å². The van der Waals surface area contributed by atoms with E-state index in [0.29, 0.717) is 17.8 Å². The molecule has 1 N–H and O–H groups in total. The number of hydrogen-bond donors (Lipinski definition) is 1. The Kier molecular flexibility index (Phi) is 6.43. The predicted molar refractivity (Wildman–Crippen MR) is 122 cm³/mol. The van der Waals surface area contributed by atoms with Crippen molar-refractivity contribution in [3.8, 4) is 22.8 Å². The lowest BCUT2D eigenvalue weighted by Gasteiger charge is -2.14. The first-order valence-electron chi connectivity index (χ1n) is 9.96. The maximum atomic E-state index is 12.5. The number of ether oxygens (including phenoxy) is 1. The summed E-state index contributed by atoms with van der Waals surface area (Å²) in [5, 5.41) is 12.3. The van der Waals surface area contributed by atoms with Crippen LogP contribution in [-0.4, -0.2) is 38.6 Å². The molecule has 3 aromatic rings. The largest absolute Gasteiger partial charge is 0.494 e. The molecule has 0 aliphatic heterocycles. The lowest BCUT2D eigenvalue weighted by atomic mass is 10.2. The van der Waals surface area contributed by atoms with E-state index in [1.807, 2.05) is 66.9 Å². The zero-order chi connectivity index (χ0) is 21.1. The fourth-order valence-corrected chi connectivity index (χ4v) is 4.12. The second-order valence-electron chi connectivity index (χ2n) is 7.12. The third kappa shape index (κ3) is 4.87. The molecule has 1 atom stereocenters. The number of nitrogens with one attached hydrogen (secondary N) is 1. The van der Waals surface area contributed by atoms with Gasteiger partial charge in [-0.25, -0.2) is 0 Å². The molecular weight excluding hydrogens is 464 g/mol. The molecule has 2 aromatic carbocycles. The van der Waals surface area contributed by atoms with Gasteiger partial charge in [0.25, 0.3) is 0 Å². The lowest BCUT2D eigenvalue weighted by Crippen LogP contribution is -2.32. The van der Waals surface area contributed by atoms with Gasteiger partial charge in [0.05, 0.1) is 11.9 Å². The topological polar surface area (TPSA) is 69.0 Å². The zero-order valence-corrected chi connectivity index (χ0v) is 19.2. The highest BCUT2D eigenvalue weighted by Gasteiger charge is 2.27. The molecular formula is C22H23BrN4O2S. The van der Waals surface area contributed by atoms with Crippen molar-refractivity contribution in [1.82, 2.24) is 20.1 Å². The van der Waals surface area contributed by atoms with Gasteiger partial charge in [0, 0.05) is 21.8 Å². The highest BCUT2D eigenvalue weighted by atomic mass is 79.9. The minimum absolute atomic E-state index is 0.0361. The van der Waals surface area contributed by atoms with Crippen LogP contribution in [0.15, 0.2) is 58.2 Å². The van der Waals surface area contributed by atoms with E-state index in [2.05, 4.69) is 31.4 Å². The first kappa shape index (κ1) is 20.9. The predicted octanol–water partition coefficient (Wildman–Crippen LogP) is 4.85. The van der Waals surface area contributed by atoms with Crippen LogP contribution in [0, 0.1) is 0 Å². The number of amides is 1. The molecule has 1 aliphatic carbocycles. The Balaban J connectivity index is 1.68. The van der Waals surface area contributed by atoms with E-state index in [9.17, 15) is 4.79 Å². The summed E-state index contributed by atoms with van der Waals surface area (Å²) in [4.78, 5) is 12.5. The summed E-state index contributed by atoms with van der Waals surface area (Å²) in [6.45, 7) is 4.48. The Morgan fingerprint density at radius 2 is 1.90 bits per heavy atom. The van der Waals surface area contributed by atoms with Crippen molar-refractivity contribution >= 4 is 33.6 Å². The molecule has 4 rings (SSSR count). The fourth-order valence-electron chi connectivity index (χ4n) is 2.98. The van der Waals surface area contributed by atoms with Gasteiger partial charge in [0.1, 0.15) is 5.75 Å². The van der Waals surface area contributed by atoms with Crippen LogP contribution in [0.1, 0.15) is 26.7 Å². The smallest absolute Gasteiger partial charge is 0.233 e. The second-order valence-corrected chi connectivity index (χ2v) is 9.34. The van der Waals surface area contributed by atoms with E-state index in [-0.39, 0.29) is 11.2 Å². The van der Waals surface area contributed by atoms with Crippen LogP contribution in [0.25, 0.3) is 17.1 Å². The van der Waals surface area contributed by atoms with E-state index in [1.165, 1.54) is 11.8 Å². The lowest BCUT2D eigenvalue weighted by molar-refractivity contribution is -0.120. The van der Waals surface area contributed by atoms with Gasteiger partial charge in [-0.15, -0.1) is 10.2 Å². The van der Waals surface area contributed by atoms with Gasteiger partial charge in [-0.05, 0) is 63.1 Å². The Morgan fingerprint density at radius 1 is 1.20 bits per heavy atom. The number of thioether (sulfide) groups is 1. The molecule has 30 heavy (non-hydrogen) atoms. The third-order valence-corrected chi connectivity index (χ3v) is 6.29. The maximum Gasteiger partial charge on any atom is 0.233 e. The standard InChI is InChI=1S/C22H23BrN4O2S/c1-3-29-19-12-10-18(11-13-19)27-20(15-4-6-16(23)7-5-15)25-26-22(27)30-14(2)21(28)24-17-8-9-17/h4-7,10-14,17H,3,8-9H2,1-2H3,(H,24,28). The minimum Gasteiger partial charge on any atom is -0.494 e. The molecule has 156 valence electrons. The van der Waals surface area contributed by atoms with Gasteiger partial charge in [-0.2, -0.15) is 0 Å². The summed E-state index contributed by atoms with van der Waals surface area (Å²) in [6.07, 6.45) is 2.14. The van der Waals surface area contributed by atoms with Gasteiger partial charge < -0.3 is 10.1 Å². The van der Waals surface area contributed by atoms with Crippen molar-refractivity contribution in [2.45, 2.75) is 43.1 Å². The number of halogens is 1. The number of rotatable bonds is 8. The molecule has 6 nitrogen and oxygen atoms in total. The Labute approximate surface area is 188 Å². The fraction of sp³-hybridized carbons (Fsp3) is 0.318. The van der Waals surface area contributed by atoms with Crippen LogP contribution >= 0.6 is 27.7 Å². The molecule has 0 spiro atoms. The quantitative estimate of drug-likeness (QED) is 0.460. The van der Waals surface area contributed by atoms with Crippen molar-refractivity contribution in [3.63, 3.8) is 0 Å². The summed E-state index contributed by atoms with van der Waals surface area (Å²) < 4.78 is 8.56. The number of benzene rings is 2. The van der Waals surface area contributed by atoms with Crippen molar-refractivity contribution in [1.29, 1.82) is 0 Å². The van der Waals surface area contributed by atoms with Crippen LogP contribution in [0.3, 0.4) is 0 Å². The van der Waals surface area contributed by atoms with Gasteiger partial charge in [-0.1, -0.05) is 39.8 Å². The van der Waals surface area contributed by atoms with Gasteiger partial charge in [0.2, 0.25) is 5.91 Å². The molecule has 0 bridgehead atoms. The van der Waals surface area contributed by atoms with Gasteiger partial charge >= 0.3 is 0 Å². The third-order valence-electron chi connectivity index (χ3n) is 4.72. The highest BCUT2D eigenvalue weighted by Crippen LogP contribution is 2.32. The van der Waals surface area contributed by atoms with E-state index in [4.69, 9.17) is 4.74 Å². The van der Waals surface area contributed by atoms with Crippen LogP contribution < -0.4 is 10.1 Å². The molecule has 1 heterocycles. The molecule has 0 radical (unpaired) electrons. The molecule has 1 fully saturated rings. The first-order chi connectivity index (χ1) is 14.5. The summed E-state index contributed by atoms with van der Waals surface area (Å²) in [6, 6.07) is 16.1. The summed E-state index contributed by atoms with van der Waals surface area (Å²) >= 11 is 4.89. The van der Waals surface area contributed by atoms with Crippen LogP contribution in [0.5, 0.6) is 5.75 Å².